The van der Waals surface area contributed by atoms with Crippen LogP contribution in [0.2, 0.25) is 0 Å². The van der Waals surface area contributed by atoms with E-state index in [9.17, 15) is 9.59 Å². The fourth-order valence-electron chi connectivity index (χ4n) is 1.35. The van der Waals surface area contributed by atoms with E-state index in [1.165, 1.54) is 11.3 Å². The zero-order chi connectivity index (χ0) is 13.0. The van der Waals surface area contributed by atoms with Gasteiger partial charge in [-0.15, -0.1) is 11.3 Å². The van der Waals surface area contributed by atoms with Gasteiger partial charge in [-0.05, 0) is 40.9 Å². The Bertz CT molecular complexity index is 411. The predicted molar refractivity (Wildman–Crippen MR) is 70.6 cm³/mol. The molecule has 1 rings (SSSR count). The van der Waals surface area contributed by atoms with Gasteiger partial charge in [0.2, 0.25) is 0 Å². The van der Waals surface area contributed by atoms with Gasteiger partial charge in [-0.3, -0.25) is 4.79 Å². The summed E-state index contributed by atoms with van der Waals surface area (Å²) in [6.07, 6.45) is 1.15. The van der Waals surface area contributed by atoms with Crippen molar-refractivity contribution in [2.24, 2.45) is 0 Å². The van der Waals surface area contributed by atoms with E-state index in [2.05, 4.69) is 21.2 Å². The van der Waals surface area contributed by atoms with Crippen LogP contribution in [-0.2, 0) is 4.79 Å². The molecule has 1 atom stereocenters. The number of carboxylic acids is 1. The highest BCUT2D eigenvalue weighted by molar-refractivity contribution is 9.11. The van der Waals surface area contributed by atoms with Crippen molar-refractivity contribution in [2.75, 3.05) is 0 Å². The number of nitrogens with one attached hydrogen (secondary N) is 1. The van der Waals surface area contributed by atoms with Crippen LogP contribution in [0.4, 0.5) is 0 Å². The normalized spacial score (nSPS) is 12.2. The SMILES string of the molecule is CCC[C@@H](NC(=O)c1cc(C)c(Br)s1)C(=O)O. The summed E-state index contributed by atoms with van der Waals surface area (Å²) < 4.78 is 0.894. The second-order valence-corrected chi connectivity index (χ2v) is 6.09. The number of carboxylic acid groups (broad SMARTS) is 1. The second-order valence-electron chi connectivity index (χ2n) is 3.72. The van der Waals surface area contributed by atoms with Crippen molar-refractivity contribution in [3.63, 3.8) is 0 Å². The number of carbonyl (C=O) groups is 2. The molecule has 0 radical (unpaired) electrons. The molecular formula is C11H14BrNO3S. The molecule has 1 amide bonds. The molecule has 0 spiro atoms. The summed E-state index contributed by atoms with van der Waals surface area (Å²) in [7, 11) is 0. The summed E-state index contributed by atoms with van der Waals surface area (Å²) in [5.74, 6) is -1.32. The minimum atomic E-state index is -0.993. The highest BCUT2D eigenvalue weighted by Gasteiger charge is 2.20. The zero-order valence-corrected chi connectivity index (χ0v) is 12.0. The van der Waals surface area contributed by atoms with E-state index in [4.69, 9.17) is 5.11 Å². The van der Waals surface area contributed by atoms with Crippen LogP contribution in [-0.4, -0.2) is 23.0 Å². The number of halogens is 1. The lowest BCUT2D eigenvalue weighted by molar-refractivity contribution is -0.139. The lowest BCUT2D eigenvalue weighted by Gasteiger charge is -2.12. The molecule has 0 bridgehead atoms. The van der Waals surface area contributed by atoms with E-state index in [-0.39, 0.29) is 5.91 Å². The van der Waals surface area contributed by atoms with Crippen molar-refractivity contribution in [1.29, 1.82) is 0 Å². The third-order valence-electron chi connectivity index (χ3n) is 2.26. The maximum absolute atomic E-state index is 11.8. The predicted octanol–water partition coefficient (Wildman–Crippen LogP) is 2.80. The maximum Gasteiger partial charge on any atom is 0.326 e. The lowest BCUT2D eigenvalue weighted by Crippen LogP contribution is -2.40. The molecule has 17 heavy (non-hydrogen) atoms. The van der Waals surface area contributed by atoms with Crippen LogP contribution in [0.15, 0.2) is 9.85 Å². The van der Waals surface area contributed by atoms with Gasteiger partial charge in [0.15, 0.2) is 0 Å². The minimum Gasteiger partial charge on any atom is -0.480 e. The fraction of sp³-hybridized carbons (Fsp3) is 0.455. The Morgan fingerprint density at radius 1 is 1.59 bits per heavy atom. The third kappa shape index (κ3) is 3.81. The Morgan fingerprint density at radius 3 is 2.65 bits per heavy atom. The molecule has 0 unspecified atom stereocenters. The molecule has 0 aliphatic heterocycles. The first-order chi connectivity index (χ1) is 7.95. The van der Waals surface area contributed by atoms with Gasteiger partial charge in [-0.1, -0.05) is 13.3 Å². The molecule has 2 N–H and O–H groups in total. The first-order valence-corrected chi connectivity index (χ1v) is 6.86. The number of aliphatic carboxylic acids is 1. The quantitative estimate of drug-likeness (QED) is 0.877. The average Bonchev–Trinajstić information content (AvgIpc) is 2.58. The Balaban J connectivity index is 2.73. The van der Waals surface area contributed by atoms with Gasteiger partial charge in [-0.2, -0.15) is 0 Å². The topological polar surface area (TPSA) is 66.4 Å². The fourth-order valence-corrected chi connectivity index (χ4v) is 2.79. The Kier molecular flexibility index (Phi) is 5.14. The van der Waals surface area contributed by atoms with Crippen molar-refractivity contribution in [3.8, 4) is 0 Å². The molecule has 0 aromatic carbocycles. The minimum absolute atomic E-state index is 0.329. The van der Waals surface area contributed by atoms with Gasteiger partial charge < -0.3 is 10.4 Å². The molecule has 1 aromatic heterocycles. The van der Waals surface area contributed by atoms with Crippen LogP contribution >= 0.6 is 27.3 Å². The molecule has 0 aliphatic carbocycles. The van der Waals surface area contributed by atoms with Gasteiger partial charge in [0.1, 0.15) is 6.04 Å². The number of amides is 1. The molecule has 0 fully saturated rings. The number of rotatable bonds is 5. The molecule has 0 saturated heterocycles. The van der Waals surface area contributed by atoms with Crippen LogP contribution in [0, 0.1) is 6.92 Å². The monoisotopic (exact) mass is 319 g/mol. The average molecular weight is 320 g/mol. The maximum atomic E-state index is 11.8. The van der Waals surface area contributed by atoms with Gasteiger partial charge in [-0.25, -0.2) is 4.79 Å². The zero-order valence-electron chi connectivity index (χ0n) is 9.62. The van der Waals surface area contributed by atoms with Crippen molar-refractivity contribution < 1.29 is 14.7 Å². The van der Waals surface area contributed by atoms with Crippen molar-refractivity contribution in [2.45, 2.75) is 32.7 Å². The number of carbonyl (C=O) groups excluding carboxylic acids is 1. The molecule has 1 heterocycles. The highest BCUT2D eigenvalue weighted by atomic mass is 79.9. The number of thiophene rings is 1. The largest absolute Gasteiger partial charge is 0.480 e. The molecule has 94 valence electrons. The van der Waals surface area contributed by atoms with E-state index >= 15 is 0 Å². The van der Waals surface area contributed by atoms with Crippen LogP contribution in [0.5, 0.6) is 0 Å². The van der Waals surface area contributed by atoms with Gasteiger partial charge in [0.25, 0.3) is 5.91 Å². The first kappa shape index (κ1) is 14.2. The summed E-state index contributed by atoms with van der Waals surface area (Å²) in [4.78, 5) is 23.2. The summed E-state index contributed by atoms with van der Waals surface area (Å²) in [5.41, 5.74) is 0.975. The molecule has 1 aromatic rings. The van der Waals surface area contributed by atoms with Crippen molar-refractivity contribution in [3.05, 3.63) is 20.3 Å². The van der Waals surface area contributed by atoms with Crippen molar-refractivity contribution in [1.82, 2.24) is 5.32 Å². The second kappa shape index (κ2) is 6.16. The molecule has 0 saturated carbocycles. The Hall–Kier alpha value is -0.880. The molecule has 6 heteroatoms. The summed E-state index contributed by atoms with van der Waals surface area (Å²) >= 11 is 4.64. The Morgan fingerprint density at radius 2 is 2.24 bits per heavy atom. The van der Waals surface area contributed by atoms with Gasteiger partial charge in [0.05, 0.1) is 8.66 Å². The van der Waals surface area contributed by atoms with Crippen LogP contribution < -0.4 is 5.32 Å². The van der Waals surface area contributed by atoms with Crippen LogP contribution in [0.3, 0.4) is 0 Å². The van der Waals surface area contributed by atoms with E-state index < -0.39 is 12.0 Å². The third-order valence-corrected chi connectivity index (χ3v) is 4.40. The van der Waals surface area contributed by atoms with Crippen molar-refractivity contribution >= 4 is 39.1 Å². The summed E-state index contributed by atoms with van der Waals surface area (Å²) in [5, 5.41) is 11.5. The standard InChI is InChI=1S/C11H14BrNO3S/c1-3-4-7(11(15)16)13-10(14)8-5-6(2)9(12)17-8/h5,7H,3-4H2,1-2H3,(H,13,14)(H,15,16)/t7-/m1/s1. The van der Waals surface area contributed by atoms with Gasteiger partial charge in [0, 0.05) is 0 Å². The van der Waals surface area contributed by atoms with E-state index in [1.54, 1.807) is 6.07 Å². The molecule has 4 nitrogen and oxygen atoms in total. The summed E-state index contributed by atoms with van der Waals surface area (Å²) in [6.45, 7) is 3.77. The Labute approximate surface area is 112 Å². The smallest absolute Gasteiger partial charge is 0.326 e. The van der Waals surface area contributed by atoms with Crippen LogP contribution in [0.1, 0.15) is 35.0 Å². The first-order valence-electron chi connectivity index (χ1n) is 5.25. The lowest BCUT2D eigenvalue weighted by atomic mass is 10.1. The van der Waals surface area contributed by atoms with E-state index in [1.807, 2.05) is 13.8 Å². The highest BCUT2D eigenvalue weighted by Crippen LogP contribution is 2.27. The van der Waals surface area contributed by atoms with Gasteiger partial charge >= 0.3 is 5.97 Å². The molecule has 0 aliphatic rings. The number of aryl methyl sites for hydroxylation is 1. The number of hydrogen-bond acceptors (Lipinski definition) is 3. The number of hydrogen-bond donors (Lipinski definition) is 2. The van der Waals surface area contributed by atoms with Crippen LogP contribution in [0.25, 0.3) is 0 Å². The molecular weight excluding hydrogens is 306 g/mol. The summed E-state index contributed by atoms with van der Waals surface area (Å²) in [6, 6.07) is 0.934. The van der Waals surface area contributed by atoms with E-state index in [0.29, 0.717) is 17.7 Å². The van der Waals surface area contributed by atoms with E-state index in [0.717, 1.165) is 9.35 Å².